The minimum absolute atomic E-state index is 0.00577. The summed E-state index contributed by atoms with van der Waals surface area (Å²) in [5.41, 5.74) is 1.04. The van der Waals surface area contributed by atoms with Crippen molar-refractivity contribution in [2.45, 2.75) is 30.7 Å². The second kappa shape index (κ2) is 11.1. The second-order valence-electron chi connectivity index (χ2n) is 8.32. The number of anilines is 1. The summed E-state index contributed by atoms with van der Waals surface area (Å²) in [6.07, 6.45) is -0.0266. The van der Waals surface area contributed by atoms with Gasteiger partial charge < -0.3 is 4.74 Å². The zero-order chi connectivity index (χ0) is 26.7. The number of sulfonamides is 1. The summed E-state index contributed by atoms with van der Waals surface area (Å²) in [5, 5.41) is 0.510. The Balaban J connectivity index is 1.66. The van der Waals surface area contributed by atoms with E-state index in [0.29, 0.717) is 9.50 Å². The van der Waals surface area contributed by atoms with Crippen LogP contribution in [0.5, 0.6) is 5.75 Å². The van der Waals surface area contributed by atoms with E-state index in [1.807, 2.05) is 6.07 Å². The molecule has 0 aliphatic carbocycles. The number of esters is 1. The molecule has 1 atom stereocenters. The van der Waals surface area contributed by atoms with Gasteiger partial charge in [0, 0.05) is 23.0 Å². The van der Waals surface area contributed by atoms with E-state index in [1.54, 1.807) is 30.3 Å². The van der Waals surface area contributed by atoms with Gasteiger partial charge in [0.25, 0.3) is 5.91 Å². The largest absolute Gasteiger partial charge is 0.427 e. The van der Waals surface area contributed by atoms with Crippen molar-refractivity contribution in [3.8, 4) is 5.75 Å². The Morgan fingerprint density at radius 1 is 1.08 bits per heavy atom. The quantitative estimate of drug-likeness (QED) is 0.212. The van der Waals surface area contributed by atoms with Crippen molar-refractivity contribution in [2.24, 2.45) is 0 Å². The van der Waals surface area contributed by atoms with Gasteiger partial charge in [-0.2, -0.15) is 4.31 Å². The topological polar surface area (TPSA) is 101 Å². The summed E-state index contributed by atoms with van der Waals surface area (Å²) >= 11 is 9.39. The lowest BCUT2D eigenvalue weighted by Gasteiger charge is -2.27. The van der Waals surface area contributed by atoms with E-state index in [-0.39, 0.29) is 35.7 Å². The summed E-state index contributed by atoms with van der Waals surface area (Å²) < 4.78 is 34.2. The molecular formula is C26H22BrClN2O6S. The Kier molecular flexibility index (Phi) is 8.13. The lowest BCUT2D eigenvalue weighted by atomic mass is 10.1. The maximum atomic E-state index is 13.7. The van der Waals surface area contributed by atoms with E-state index < -0.39 is 33.8 Å². The maximum absolute atomic E-state index is 13.7. The third-order valence-corrected chi connectivity index (χ3v) is 8.44. The summed E-state index contributed by atoms with van der Waals surface area (Å²) in [7, 11) is -4.14. The third kappa shape index (κ3) is 6.10. The number of amides is 2. The molecule has 2 amide bonds. The monoisotopic (exact) mass is 604 g/mol. The number of hydrogen-bond acceptors (Lipinski definition) is 6. The number of nitrogens with zero attached hydrogens (tertiary/aromatic N) is 2. The molecule has 192 valence electrons. The number of rotatable bonds is 8. The predicted octanol–water partition coefficient (Wildman–Crippen LogP) is 4.59. The maximum Gasteiger partial charge on any atom is 0.308 e. The molecule has 11 heteroatoms. The zero-order valence-corrected chi connectivity index (χ0v) is 22.8. The van der Waals surface area contributed by atoms with Crippen LogP contribution in [0.4, 0.5) is 5.69 Å². The Labute approximate surface area is 228 Å². The van der Waals surface area contributed by atoms with E-state index >= 15 is 0 Å². The molecule has 3 aromatic rings. The minimum atomic E-state index is -4.14. The predicted molar refractivity (Wildman–Crippen MR) is 142 cm³/mol. The standard InChI is InChI=1S/C26H22BrClN2O6S/c1-17(31)36-22-9-7-21(8-10-22)30-25(32)16-24(26(30)33)29(14-13-18-3-2-4-20(28)15-18)37(34,35)23-11-5-19(27)6-12-23/h2-12,15,24H,13-14,16H2,1H3. The highest BCUT2D eigenvalue weighted by Gasteiger charge is 2.46. The van der Waals surface area contributed by atoms with Gasteiger partial charge in [0.2, 0.25) is 15.9 Å². The van der Waals surface area contributed by atoms with Crippen LogP contribution in [0.1, 0.15) is 18.9 Å². The highest BCUT2D eigenvalue weighted by Crippen LogP contribution is 2.31. The molecule has 0 radical (unpaired) electrons. The average molecular weight is 606 g/mol. The van der Waals surface area contributed by atoms with Crippen molar-refractivity contribution in [1.82, 2.24) is 4.31 Å². The van der Waals surface area contributed by atoms with E-state index in [0.717, 1.165) is 14.8 Å². The van der Waals surface area contributed by atoms with Gasteiger partial charge in [0.05, 0.1) is 17.0 Å². The number of carbonyl (C=O) groups is 3. The molecule has 1 heterocycles. The summed E-state index contributed by atoms with van der Waals surface area (Å²) in [6.45, 7) is 1.22. The number of benzene rings is 3. The molecule has 0 N–H and O–H groups in total. The fourth-order valence-electron chi connectivity index (χ4n) is 4.06. The molecule has 1 saturated heterocycles. The average Bonchev–Trinajstić information content (AvgIpc) is 3.13. The molecule has 8 nitrogen and oxygen atoms in total. The molecule has 0 aromatic heterocycles. The van der Waals surface area contributed by atoms with Gasteiger partial charge in [-0.1, -0.05) is 39.7 Å². The zero-order valence-electron chi connectivity index (χ0n) is 19.6. The third-order valence-electron chi connectivity index (χ3n) is 5.76. The molecule has 37 heavy (non-hydrogen) atoms. The highest BCUT2D eigenvalue weighted by atomic mass is 79.9. The Morgan fingerprint density at radius 3 is 2.38 bits per heavy atom. The first-order valence-electron chi connectivity index (χ1n) is 11.2. The van der Waals surface area contributed by atoms with Crippen LogP contribution in [-0.2, 0) is 30.8 Å². The lowest BCUT2D eigenvalue weighted by molar-refractivity contribution is -0.132. The number of hydrogen-bond donors (Lipinski definition) is 0. The van der Waals surface area contributed by atoms with Crippen molar-refractivity contribution in [3.05, 3.63) is 87.9 Å². The molecule has 0 bridgehead atoms. The van der Waals surface area contributed by atoms with Crippen LogP contribution in [0.2, 0.25) is 5.02 Å². The van der Waals surface area contributed by atoms with Crippen LogP contribution in [0, 0.1) is 0 Å². The summed E-state index contributed by atoms with van der Waals surface area (Å²) in [5.74, 6) is -1.44. The molecule has 1 aliphatic rings. The normalized spacial score (nSPS) is 15.9. The lowest BCUT2D eigenvalue weighted by Crippen LogP contribution is -2.46. The van der Waals surface area contributed by atoms with Crippen molar-refractivity contribution >= 4 is 61.0 Å². The fourth-order valence-corrected chi connectivity index (χ4v) is 6.12. The Hall–Kier alpha value is -3.05. The van der Waals surface area contributed by atoms with Crippen LogP contribution in [-0.4, -0.2) is 43.1 Å². The second-order valence-corrected chi connectivity index (χ2v) is 11.6. The smallest absolute Gasteiger partial charge is 0.308 e. The van der Waals surface area contributed by atoms with Crippen molar-refractivity contribution in [3.63, 3.8) is 0 Å². The van der Waals surface area contributed by atoms with Crippen LogP contribution in [0.3, 0.4) is 0 Å². The van der Waals surface area contributed by atoms with E-state index in [9.17, 15) is 22.8 Å². The fraction of sp³-hybridized carbons (Fsp3) is 0.192. The van der Waals surface area contributed by atoms with Gasteiger partial charge in [-0.05, 0) is 72.6 Å². The summed E-state index contributed by atoms with van der Waals surface area (Å²) in [4.78, 5) is 38.6. The Morgan fingerprint density at radius 2 is 1.76 bits per heavy atom. The molecule has 0 spiro atoms. The number of halogens is 2. The first-order valence-corrected chi connectivity index (χ1v) is 13.8. The van der Waals surface area contributed by atoms with Crippen molar-refractivity contribution < 1.29 is 27.5 Å². The molecule has 4 rings (SSSR count). The van der Waals surface area contributed by atoms with E-state index in [4.69, 9.17) is 16.3 Å². The minimum Gasteiger partial charge on any atom is -0.427 e. The van der Waals surface area contributed by atoms with Crippen LogP contribution in [0.15, 0.2) is 82.2 Å². The number of carbonyl (C=O) groups excluding carboxylic acids is 3. The molecular weight excluding hydrogens is 584 g/mol. The highest BCUT2D eigenvalue weighted by molar-refractivity contribution is 9.10. The van der Waals surface area contributed by atoms with Crippen LogP contribution < -0.4 is 9.64 Å². The summed E-state index contributed by atoms with van der Waals surface area (Å²) in [6, 6.07) is 17.7. The molecule has 3 aromatic carbocycles. The SMILES string of the molecule is CC(=O)Oc1ccc(N2C(=O)CC(N(CCc3cccc(Cl)c3)S(=O)(=O)c3ccc(Br)cc3)C2=O)cc1. The molecule has 1 fully saturated rings. The van der Waals surface area contributed by atoms with Gasteiger partial charge in [-0.25, -0.2) is 13.3 Å². The van der Waals surface area contributed by atoms with E-state index in [1.165, 1.54) is 43.3 Å². The number of imide groups is 1. The van der Waals surface area contributed by atoms with Crippen molar-refractivity contribution in [2.75, 3.05) is 11.4 Å². The van der Waals surface area contributed by atoms with Gasteiger partial charge in [0.1, 0.15) is 11.8 Å². The molecule has 0 saturated carbocycles. The van der Waals surface area contributed by atoms with E-state index in [2.05, 4.69) is 15.9 Å². The van der Waals surface area contributed by atoms with Crippen molar-refractivity contribution in [1.29, 1.82) is 0 Å². The molecule has 1 aliphatic heterocycles. The van der Waals surface area contributed by atoms with Gasteiger partial charge in [0.15, 0.2) is 0 Å². The van der Waals surface area contributed by atoms with Gasteiger partial charge >= 0.3 is 5.97 Å². The van der Waals surface area contributed by atoms with Gasteiger partial charge in [-0.15, -0.1) is 0 Å². The first-order chi connectivity index (χ1) is 17.6. The van der Waals surface area contributed by atoms with Gasteiger partial charge in [-0.3, -0.25) is 14.4 Å². The number of ether oxygens (including phenoxy) is 1. The van der Waals surface area contributed by atoms with Crippen LogP contribution >= 0.6 is 27.5 Å². The first kappa shape index (κ1) is 27.0. The van der Waals surface area contributed by atoms with Crippen LogP contribution in [0.25, 0.3) is 0 Å². The molecule has 1 unspecified atom stereocenters. The Bertz CT molecular complexity index is 1440.